The minimum Gasteiger partial charge on any atom is -0.619 e. The maximum absolute atomic E-state index is 11.1. The van der Waals surface area contributed by atoms with Crippen LogP contribution in [0.25, 0.3) is 0 Å². The summed E-state index contributed by atoms with van der Waals surface area (Å²) >= 11 is 17.4. The van der Waals surface area contributed by atoms with Gasteiger partial charge < -0.3 is 14.7 Å². The molecule has 152 valence electrons. The number of carbonyl (C=O) groups is 1. The second kappa shape index (κ2) is 11.4. The van der Waals surface area contributed by atoms with Crippen LogP contribution in [0.2, 0.25) is 15.1 Å². The van der Waals surface area contributed by atoms with Crippen molar-refractivity contribution in [1.82, 2.24) is 0 Å². The maximum atomic E-state index is 11.1. The molecule has 1 N–H and O–H groups in total. The Balaban J connectivity index is 0.000000221. The first-order valence-electron chi connectivity index (χ1n) is 8.32. The van der Waals surface area contributed by atoms with Gasteiger partial charge in [-0.3, -0.25) is 4.89 Å². The Morgan fingerprint density at radius 1 is 1.25 bits per heavy atom. The zero-order valence-electron chi connectivity index (χ0n) is 14.6. The number of aromatic nitrogens is 1. The van der Waals surface area contributed by atoms with E-state index in [4.69, 9.17) is 49.5 Å². The molecule has 1 aromatic carbocycles. The van der Waals surface area contributed by atoms with Crippen LogP contribution in [0, 0.1) is 5.21 Å². The van der Waals surface area contributed by atoms with E-state index in [-0.39, 0.29) is 18.5 Å². The van der Waals surface area contributed by atoms with Gasteiger partial charge in [0.15, 0.2) is 18.7 Å². The zero-order valence-corrected chi connectivity index (χ0v) is 16.9. The summed E-state index contributed by atoms with van der Waals surface area (Å²) in [5.41, 5.74) is 0.842. The summed E-state index contributed by atoms with van der Waals surface area (Å²) in [5, 5.41) is 20.1. The monoisotopic (exact) mass is 449 g/mol. The first-order valence-corrected chi connectivity index (χ1v) is 9.45. The third-order valence-electron chi connectivity index (χ3n) is 3.75. The van der Waals surface area contributed by atoms with Crippen LogP contribution < -0.4 is 4.73 Å². The van der Waals surface area contributed by atoms with Crippen molar-refractivity contribution in [3.8, 4) is 0 Å². The smallest absolute Gasteiger partial charge is 0.372 e. The molecule has 1 saturated heterocycles. The number of rotatable bonds is 4. The van der Waals surface area contributed by atoms with Gasteiger partial charge in [-0.15, -0.1) is 0 Å². The van der Waals surface area contributed by atoms with E-state index in [1.807, 2.05) is 0 Å². The highest BCUT2D eigenvalue weighted by Gasteiger charge is 2.17. The van der Waals surface area contributed by atoms with Crippen molar-refractivity contribution < 1.29 is 29.1 Å². The molecule has 0 saturated carbocycles. The zero-order chi connectivity index (χ0) is 20.5. The van der Waals surface area contributed by atoms with Gasteiger partial charge in [0.25, 0.3) is 0 Å². The van der Waals surface area contributed by atoms with Gasteiger partial charge in [0.1, 0.15) is 10.0 Å². The van der Waals surface area contributed by atoms with Crippen LogP contribution in [0.3, 0.4) is 0 Å². The van der Waals surface area contributed by atoms with E-state index < -0.39 is 5.97 Å². The van der Waals surface area contributed by atoms with Gasteiger partial charge in [0.05, 0.1) is 12.2 Å². The molecule has 1 atom stereocenters. The van der Waals surface area contributed by atoms with Crippen molar-refractivity contribution in [3.05, 3.63) is 68.1 Å². The average molecular weight is 451 g/mol. The van der Waals surface area contributed by atoms with Gasteiger partial charge >= 0.3 is 5.97 Å². The molecular formula is C18H18Cl3NO6. The first-order chi connectivity index (χ1) is 13.4. The van der Waals surface area contributed by atoms with Gasteiger partial charge in [-0.2, -0.15) is 9.99 Å². The predicted molar refractivity (Wildman–Crippen MR) is 103 cm³/mol. The fraction of sp³-hybridized carbons (Fsp3) is 0.333. The highest BCUT2D eigenvalue weighted by Crippen LogP contribution is 2.24. The van der Waals surface area contributed by atoms with E-state index in [1.54, 1.807) is 12.1 Å². The molecule has 3 rings (SSSR count). The number of ether oxygens (including phenoxy) is 2. The summed E-state index contributed by atoms with van der Waals surface area (Å²) < 4.78 is 11.6. The van der Waals surface area contributed by atoms with Crippen molar-refractivity contribution >= 4 is 40.8 Å². The molecule has 10 heteroatoms. The number of hydrogen-bond donors (Lipinski definition) is 1. The lowest BCUT2D eigenvalue weighted by Crippen LogP contribution is -2.26. The number of benzene rings is 1. The quantitative estimate of drug-likeness (QED) is 0.316. The van der Waals surface area contributed by atoms with E-state index in [1.165, 1.54) is 24.5 Å². The largest absolute Gasteiger partial charge is 0.619 e. The van der Waals surface area contributed by atoms with Gasteiger partial charge in [0.2, 0.25) is 0 Å². The van der Waals surface area contributed by atoms with Crippen molar-refractivity contribution in [1.29, 1.82) is 0 Å². The Hall–Kier alpha value is -1.61. The lowest BCUT2D eigenvalue weighted by atomic mass is 10.2. The second-order valence-corrected chi connectivity index (χ2v) is 7.04. The third-order valence-corrected chi connectivity index (χ3v) is 4.64. The standard InChI is InChI=1S/C11H13Cl2NO3.C7H5ClO3/c12-9-5-14(15)6-10(13)8(9)7-17-11-3-1-2-4-16-11;8-6-3-1-2-5(4-6)7(9)11-10/h5-6,11H,1-4,7H2;1-4,10H. The number of pyridine rings is 1. The Morgan fingerprint density at radius 3 is 2.54 bits per heavy atom. The van der Waals surface area contributed by atoms with Crippen molar-refractivity contribution in [3.63, 3.8) is 0 Å². The van der Waals surface area contributed by atoms with E-state index >= 15 is 0 Å². The van der Waals surface area contributed by atoms with Crippen molar-refractivity contribution in [2.45, 2.75) is 32.2 Å². The molecule has 0 spiro atoms. The van der Waals surface area contributed by atoms with Gasteiger partial charge in [0, 0.05) is 17.2 Å². The molecule has 7 nitrogen and oxygen atoms in total. The number of halogens is 3. The fourth-order valence-corrected chi connectivity index (χ4v) is 3.10. The number of nitrogens with zero attached hydrogens (tertiary/aromatic N) is 1. The highest BCUT2D eigenvalue weighted by atomic mass is 35.5. The highest BCUT2D eigenvalue weighted by molar-refractivity contribution is 6.35. The topological polar surface area (TPSA) is 91.9 Å². The molecular weight excluding hydrogens is 433 g/mol. The fourth-order valence-electron chi connectivity index (χ4n) is 2.36. The Morgan fingerprint density at radius 2 is 1.96 bits per heavy atom. The van der Waals surface area contributed by atoms with Gasteiger partial charge in [-0.25, -0.2) is 4.79 Å². The van der Waals surface area contributed by atoms with Crippen LogP contribution in [0.5, 0.6) is 0 Å². The summed E-state index contributed by atoms with van der Waals surface area (Å²) in [6.07, 6.45) is 5.37. The maximum Gasteiger partial charge on any atom is 0.372 e. The van der Waals surface area contributed by atoms with Crippen molar-refractivity contribution in [2.75, 3.05) is 6.61 Å². The Labute approximate surface area is 176 Å². The predicted octanol–water partition coefficient (Wildman–Crippen LogP) is 4.64. The van der Waals surface area contributed by atoms with Crippen LogP contribution in [0.1, 0.15) is 35.2 Å². The summed E-state index contributed by atoms with van der Waals surface area (Å²) in [5.74, 6) is -0.813. The van der Waals surface area contributed by atoms with Gasteiger partial charge in [-0.1, -0.05) is 40.9 Å². The van der Waals surface area contributed by atoms with Crippen LogP contribution in [0.4, 0.5) is 0 Å². The lowest BCUT2D eigenvalue weighted by Gasteiger charge is -2.22. The van der Waals surface area contributed by atoms with Crippen LogP contribution in [0.15, 0.2) is 36.7 Å². The molecule has 1 aliphatic heterocycles. The molecule has 28 heavy (non-hydrogen) atoms. The number of carbonyl (C=O) groups excluding carboxylic acids is 1. The first kappa shape index (κ1) is 22.7. The molecule has 2 aromatic rings. The number of hydrogen-bond acceptors (Lipinski definition) is 6. The van der Waals surface area contributed by atoms with Crippen molar-refractivity contribution in [2.24, 2.45) is 0 Å². The van der Waals surface area contributed by atoms with E-state index in [0.29, 0.717) is 25.4 Å². The van der Waals surface area contributed by atoms with E-state index in [2.05, 4.69) is 4.89 Å². The Bertz CT molecular complexity index is 776. The molecule has 1 unspecified atom stereocenters. The van der Waals surface area contributed by atoms with Crippen LogP contribution in [-0.2, 0) is 21.0 Å². The summed E-state index contributed by atoms with van der Waals surface area (Å²) in [4.78, 5) is 14.1. The van der Waals surface area contributed by atoms with Gasteiger partial charge in [-0.05, 0) is 37.5 Å². The molecule has 1 aliphatic rings. The average Bonchev–Trinajstić information content (AvgIpc) is 2.68. The summed E-state index contributed by atoms with van der Waals surface area (Å²) in [7, 11) is 0. The second-order valence-electron chi connectivity index (χ2n) is 5.79. The molecule has 0 aliphatic carbocycles. The SMILES string of the molecule is O=C(OO)c1cccc(Cl)c1.[O-][n+]1cc(Cl)c(COC2CCCCO2)c(Cl)c1. The molecule has 0 amide bonds. The minimum absolute atomic E-state index is 0.199. The van der Waals surface area contributed by atoms with Crippen LogP contribution in [-0.4, -0.2) is 24.1 Å². The summed E-state index contributed by atoms with van der Waals surface area (Å²) in [6, 6.07) is 6.11. The molecule has 1 fully saturated rings. The minimum atomic E-state index is -0.813. The van der Waals surface area contributed by atoms with Crippen LogP contribution >= 0.6 is 34.8 Å². The molecule has 0 radical (unpaired) electrons. The summed E-state index contributed by atoms with van der Waals surface area (Å²) in [6.45, 7) is 0.977. The van der Waals surface area contributed by atoms with E-state index in [0.717, 1.165) is 25.9 Å². The molecule has 0 bridgehead atoms. The normalized spacial score (nSPS) is 16.1. The van der Waals surface area contributed by atoms with E-state index in [9.17, 15) is 10.0 Å². The Kier molecular flexibility index (Phi) is 9.24. The lowest BCUT2D eigenvalue weighted by molar-refractivity contribution is -0.605. The molecule has 2 heterocycles. The third kappa shape index (κ3) is 7.09. The molecule has 1 aromatic heterocycles.